The van der Waals surface area contributed by atoms with E-state index < -0.39 is 12.5 Å². The van der Waals surface area contributed by atoms with Crippen molar-refractivity contribution in [3.05, 3.63) is 59.2 Å². The van der Waals surface area contributed by atoms with Crippen LogP contribution >= 0.6 is 11.6 Å². The first-order chi connectivity index (χ1) is 13.0. The Kier molecular flexibility index (Phi) is 5.56. The van der Waals surface area contributed by atoms with Crippen molar-refractivity contribution in [1.82, 2.24) is 10.2 Å². The highest BCUT2D eigenvalue weighted by molar-refractivity contribution is 6.32. The molecule has 6 nitrogen and oxygen atoms in total. The summed E-state index contributed by atoms with van der Waals surface area (Å²) in [6.07, 6.45) is 0. The molecule has 27 heavy (non-hydrogen) atoms. The Labute approximate surface area is 158 Å². The Morgan fingerprint density at radius 1 is 1.22 bits per heavy atom. The van der Waals surface area contributed by atoms with Gasteiger partial charge in [-0.05, 0) is 36.4 Å². The Balaban J connectivity index is 1.73. The number of halogens is 3. The summed E-state index contributed by atoms with van der Waals surface area (Å²) in [5.74, 6) is 0.0315. The Morgan fingerprint density at radius 3 is 2.74 bits per heavy atom. The van der Waals surface area contributed by atoms with Crippen LogP contribution in [-0.2, 0) is 0 Å². The van der Waals surface area contributed by atoms with E-state index in [2.05, 4.69) is 20.3 Å². The fourth-order valence-corrected chi connectivity index (χ4v) is 2.56. The summed E-state index contributed by atoms with van der Waals surface area (Å²) in [5, 5.41) is 9.33. The number of alkyl halides is 2. The predicted octanol–water partition coefficient (Wildman–Crippen LogP) is 4.59. The number of anilines is 1. The summed E-state index contributed by atoms with van der Waals surface area (Å²) in [4.78, 5) is 12.4. The molecule has 0 radical (unpaired) electrons. The minimum atomic E-state index is -2.98. The van der Waals surface area contributed by atoms with E-state index in [1.165, 1.54) is 18.2 Å². The molecule has 0 saturated heterocycles. The molecule has 1 aromatic heterocycles. The first kappa shape index (κ1) is 18.7. The van der Waals surface area contributed by atoms with Crippen LogP contribution in [0.3, 0.4) is 0 Å². The fraction of sp³-hybridized carbons (Fsp3) is 0.111. The summed E-state index contributed by atoms with van der Waals surface area (Å²) in [6.45, 7) is -2.98. The number of nitrogens with zero attached hydrogens (tertiary/aromatic N) is 1. The minimum Gasteiger partial charge on any atom is -0.497 e. The van der Waals surface area contributed by atoms with E-state index in [4.69, 9.17) is 16.3 Å². The number of hydrogen-bond donors (Lipinski definition) is 2. The maximum Gasteiger partial charge on any atom is 0.387 e. The van der Waals surface area contributed by atoms with Crippen molar-refractivity contribution in [3.8, 4) is 22.8 Å². The van der Waals surface area contributed by atoms with Gasteiger partial charge in [-0.3, -0.25) is 9.89 Å². The number of amides is 1. The zero-order valence-corrected chi connectivity index (χ0v) is 14.8. The van der Waals surface area contributed by atoms with Crippen LogP contribution < -0.4 is 14.8 Å². The van der Waals surface area contributed by atoms with E-state index in [0.29, 0.717) is 17.1 Å². The highest BCUT2D eigenvalue weighted by Crippen LogP contribution is 2.29. The highest BCUT2D eigenvalue weighted by atomic mass is 35.5. The van der Waals surface area contributed by atoms with Gasteiger partial charge in [-0.1, -0.05) is 23.7 Å². The van der Waals surface area contributed by atoms with Crippen molar-refractivity contribution >= 4 is 23.2 Å². The number of ether oxygens (including phenoxy) is 2. The largest absolute Gasteiger partial charge is 0.497 e. The van der Waals surface area contributed by atoms with Crippen molar-refractivity contribution in [1.29, 1.82) is 0 Å². The molecule has 3 rings (SSSR count). The maximum atomic E-state index is 12.4. The average molecular weight is 394 g/mol. The maximum absolute atomic E-state index is 12.4. The van der Waals surface area contributed by atoms with E-state index in [-0.39, 0.29) is 16.5 Å². The number of H-pyrrole nitrogens is 1. The van der Waals surface area contributed by atoms with Crippen molar-refractivity contribution in [2.24, 2.45) is 0 Å². The summed E-state index contributed by atoms with van der Waals surface area (Å²) < 4.78 is 33.9. The molecule has 0 bridgehead atoms. The SMILES string of the molecule is COc1cccc(-c2cc(C(=O)Nc3ccc(OC(F)F)c(Cl)c3)[nH]n2)c1. The summed E-state index contributed by atoms with van der Waals surface area (Å²) >= 11 is 5.87. The lowest BCUT2D eigenvalue weighted by Gasteiger charge is -2.09. The molecule has 140 valence electrons. The van der Waals surface area contributed by atoms with E-state index in [0.717, 1.165) is 5.56 Å². The second-order valence-electron chi connectivity index (χ2n) is 5.38. The van der Waals surface area contributed by atoms with Crippen LogP contribution in [0.1, 0.15) is 10.5 Å². The standard InChI is InChI=1S/C18H14ClF2N3O3/c1-26-12-4-2-3-10(7-12)14-9-15(24-23-14)17(25)22-11-5-6-16(13(19)8-11)27-18(20)21/h2-9,18H,1H3,(H,22,25)(H,23,24). The Bertz CT molecular complexity index is 963. The van der Waals surface area contributed by atoms with Gasteiger partial charge < -0.3 is 14.8 Å². The molecular weight excluding hydrogens is 380 g/mol. The van der Waals surface area contributed by atoms with Gasteiger partial charge in [0.05, 0.1) is 17.8 Å². The second kappa shape index (κ2) is 8.05. The van der Waals surface area contributed by atoms with E-state index in [1.807, 2.05) is 12.1 Å². The molecule has 0 aliphatic rings. The number of benzene rings is 2. The van der Waals surface area contributed by atoms with Gasteiger partial charge in [-0.15, -0.1) is 0 Å². The zero-order valence-electron chi connectivity index (χ0n) is 14.0. The third-order valence-corrected chi connectivity index (χ3v) is 3.89. The molecule has 0 atom stereocenters. The molecule has 2 aromatic carbocycles. The molecule has 0 saturated carbocycles. The Morgan fingerprint density at radius 2 is 2.04 bits per heavy atom. The molecule has 3 aromatic rings. The van der Waals surface area contributed by atoms with Gasteiger partial charge in [0.2, 0.25) is 0 Å². The van der Waals surface area contributed by atoms with Gasteiger partial charge in [-0.2, -0.15) is 13.9 Å². The van der Waals surface area contributed by atoms with Crippen LogP contribution in [0.15, 0.2) is 48.5 Å². The molecule has 0 unspecified atom stereocenters. The number of nitrogens with one attached hydrogen (secondary N) is 2. The summed E-state index contributed by atoms with van der Waals surface area (Å²) in [5.41, 5.74) is 1.89. The average Bonchev–Trinajstić information content (AvgIpc) is 3.14. The van der Waals surface area contributed by atoms with Crippen LogP contribution in [0.25, 0.3) is 11.3 Å². The highest BCUT2D eigenvalue weighted by Gasteiger charge is 2.14. The van der Waals surface area contributed by atoms with E-state index in [9.17, 15) is 13.6 Å². The number of methoxy groups -OCH3 is 1. The number of aromatic nitrogens is 2. The minimum absolute atomic E-state index is 0.0465. The number of hydrogen-bond acceptors (Lipinski definition) is 4. The number of carbonyl (C=O) groups excluding carboxylic acids is 1. The number of aromatic amines is 1. The lowest BCUT2D eigenvalue weighted by atomic mass is 10.1. The van der Waals surface area contributed by atoms with Gasteiger partial charge >= 0.3 is 6.61 Å². The van der Waals surface area contributed by atoms with Gasteiger partial charge in [0.1, 0.15) is 17.2 Å². The van der Waals surface area contributed by atoms with Crippen LogP contribution in [0, 0.1) is 0 Å². The molecule has 2 N–H and O–H groups in total. The molecule has 0 aliphatic carbocycles. The van der Waals surface area contributed by atoms with Gasteiger partial charge in [0.15, 0.2) is 0 Å². The lowest BCUT2D eigenvalue weighted by molar-refractivity contribution is -0.0497. The molecule has 1 heterocycles. The molecule has 1 amide bonds. The lowest BCUT2D eigenvalue weighted by Crippen LogP contribution is -2.12. The van der Waals surface area contributed by atoms with Gasteiger partial charge in [0.25, 0.3) is 5.91 Å². The van der Waals surface area contributed by atoms with Gasteiger partial charge in [0, 0.05) is 11.3 Å². The molecule has 9 heteroatoms. The third kappa shape index (κ3) is 4.53. The van der Waals surface area contributed by atoms with Crippen molar-refractivity contribution in [3.63, 3.8) is 0 Å². The molecule has 0 aliphatic heterocycles. The number of carbonyl (C=O) groups is 1. The van der Waals surface area contributed by atoms with Crippen LogP contribution in [-0.4, -0.2) is 29.8 Å². The van der Waals surface area contributed by atoms with Crippen molar-refractivity contribution < 1.29 is 23.0 Å². The predicted molar refractivity (Wildman–Crippen MR) is 96.6 cm³/mol. The van der Waals surface area contributed by atoms with Crippen LogP contribution in [0.4, 0.5) is 14.5 Å². The summed E-state index contributed by atoms with van der Waals surface area (Å²) in [7, 11) is 1.56. The first-order valence-electron chi connectivity index (χ1n) is 7.72. The second-order valence-corrected chi connectivity index (χ2v) is 5.78. The van der Waals surface area contributed by atoms with Crippen molar-refractivity contribution in [2.45, 2.75) is 6.61 Å². The monoisotopic (exact) mass is 393 g/mol. The molecule has 0 spiro atoms. The molecule has 0 fully saturated rings. The number of rotatable bonds is 6. The van der Waals surface area contributed by atoms with Crippen LogP contribution in [0.5, 0.6) is 11.5 Å². The van der Waals surface area contributed by atoms with E-state index >= 15 is 0 Å². The smallest absolute Gasteiger partial charge is 0.387 e. The quantitative estimate of drug-likeness (QED) is 0.642. The Hall–Kier alpha value is -3.13. The zero-order chi connectivity index (χ0) is 19.4. The van der Waals surface area contributed by atoms with E-state index in [1.54, 1.807) is 25.3 Å². The van der Waals surface area contributed by atoms with Gasteiger partial charge in [-0.25, -0.2) is 0 Å². The molecular formula is C18H14ClF2N3O3. The normalized spacial score (nSPS) is 10.7. The fourth-order valence-electron chi connectivity index (χ4n) is 2.34. The third-order valence-electron chi connectivity index (χ3n) is 3.59. The first-order valence-corrected chi connectivity index (χ1v) is 8.09. The van der Waals surface area contributed by atoms with Crippen molar-refractivity contribution in [2.75, 3.05) is 12.4 Å². The van der Waals surface area contributed by atoms with Crippen LogP contribution in [0.2, 0.25) is 5.02 Å². The topological polar surface area (TPSA) is 76.2 Å². The summed E-state index contributed by atoms with van der Waals surface area (Å²) in [6, 6.07) is 12.8.